The Hall–Kier alpha value is -2.87. The highest BCUT2D eigenvalue weighted by molar-refractivity contribution is 7.99. The van der Waals surface area contributed by atoms with Gasteiger partial charge >= 0.3 is 5.63 Å². The van der Waals surface area contributed by atoms with Gasteiger partial charge in [0.05, 0.1) is 5.75 Å². The van der Waals surface area contributed by atoms with Crippen LogP contribution in [-0.2, 0) is 0 Å². The summed E-state index contributed by atoms with van der Waals surface area (Å²) in [7, 11) is 0. The number of nitrogen functional groups attached to an aromatic ring is 1. The van der Waals surface area contributed by atoms with Crippen LogP contribution in [0.1, 0.15) is 10.4 Å². The minimum absolute atomic E-state index is 0.0394. The van der Waals surface area contributed by atoms with Gasteiger partial charge in [0.25, 0.3) is 5.56 Å². The number of ketones is 1. The first kappa shape index (κ1) is 15.0. The van der Waals surface area contributed by atoms with Gasteiger partial charge in [-0.2, -0.15) is 0 Å². The molecule has 0 bridgehead atoms. The molecule has 0 saturated heterocycles. The van der Waals surface area contributed by atoms with Crippen molar-refractivity contribution in [1.82, 2.24) is 9.97 Å². The number of Topliss-reactive ketones (excluding diaryl/α,β-unsaturated/α-hetero) is 1. The molecule has 0 radical (unpaired) electrons. The van der Waals surface area contributed by atoms with Crippen LogP contribution in [0.5, 0.6) is 0 Å². The van der Waals surface area contributed by atoms with E-state index >= 15 is 0 Å². The molecule has 2 heterocycles. The molecule has 3 aromatic rings. The van der Waals surface area contributed by atoms with E-state index in [0.29, 0.717) is 11.0 Å². The number of rotatable bonds is 4. The van der Waals surface area contributed by atoms with Crippen molar-refractivity contribution in [2.75, 3.05) is 11.5 Å². The fourth-order valence-corrected chi connectivity index (χ4v) is 2.76. The van der Waals surface area contributed by atoms with Gasteiger partial charge in [-0.05, 0) is 12.1 Å². The van der Waals surface area contributed by atoms with E-state index in [1.165, 1.54) is 6.07 Å². The summed E-state index contributed by atoms with van der Waals surface area (Å²) in [5.74, 6) is -0.427. The van der Waals surface area contributed by atoms with E-state index in [1.54, 1.807) is 24.3 Å². The SMILES string of the molecule is Nc1cc(=O)[nH]c(SCC(=O)c2cc3ccccc3oc2=O)n1. The molecule has 1 aromatic carbocycles. The number of thioether (sulfide) groups is 1. The summed E-state index contributed by atoms with van der Waals surface area (Å²) in [5.41, 5.74) is 4.75. The maximum absolute atomic E-state index is 12.2. The average Bonchev–Trinajstić information content (AvgIpc) is 2.51. The third kappa shape index (κ3) is 3.32. The van der Waals surface area contributed by atoms with Gasteiger partial charge in [0.15, 0.2) is 10.9 Å². The van der Waals surface area contributed by atoms with Crippen LogP contribution in [-0.4, -0.2) is 21.5 Å². The maximum atomic E-state index is 12.2. The molecule has 0 spiro atoms. The third-order valence-electron chi connectivity index (χ3n) is 3.02. The molecule has 8 heteroatoms. The topological polar surface area (TPSA) is 119 Å². The lowest BCUT2D eigenvalue weighted by atomic mass is 10.1. The minimum Gasteiger partial charge on any atom is -0.422 e. The number of carbonyl (C=O) groups excluding carboxylic acids is 1. The number of nitrogens with two attached hydrogens (primary N) is 1. The Morgan fingerprint density at radius 1 is 1.26 bits per heavy atom. The number of H-pyrrole nitrogens is 1. The molecular weight excluding hydrogens is 318 g/mol. The monoisotopic (exact) mass is 329 g/mol. The number of anilines is 1. The normalized spacial score (nSPS) is 10.8. The second kappa shape index (κ2) is 6.09. The van der Waals surface area contributed by atoms with E-state index in [1.807, 2.05) is 0 Å². The van der Waals surface area contributed by atoms with Gasteiger partial charge < -0.3 is 15.1 Å². The number of hydrogen-bond donors (Lipinski definition) is 2. The number of aromatic amines is 1. The van der Waals surface area contributed by atoms with Gasteiger partial charge in [-0.15, -0.1) is 0 Å². The van der Waals surface area contributed by atoms with E-state index in [0.717, 1.165) is 17.8 Å². The van der Waals surface area contributed by atoms with Crippen molar-refractivity contribution in [2.24, 2.45) is 0 Å². The number of nitrogens with one attached hydrogen (secondary N) is 1. The minimum atomic E-state index is -0.691. The van der Waals surface area contributed by atoms with Gasteiger partial charge in [-0.25, -0.2) is 9.78 Å². The summed E-state index contributed by atoms with van der Waals surface area (Å²) in [6, 6.07) is 9.57. The lowest BCUT2D eigenvalue weighted by molar-refractivity contribution is 0.101. The van der Waals surface area contributed by atoms with Crippen LogP contribution in [0.4, 0.5) is 5.82 Å². The summed E-state index contributed by atoms with van der Waals surface area (Å²) in [6.45, 7) is 0. The first-order chi connectivity index (χ1) is 11.0. The second-order valence-electron chi connectivity index (χ2n) is 4.67. The van der Waals surface area contributed by atoms with Crippen molar-refractivity contribution < 1.29 is 9.21 Å². The van der Waals surface area contributed by atoms with E-state index in [9.17, 15) is 14.4 Å². The summed E-state index contributed by atoms with van der Waals surface area (Å²) in [4.78, 5) is 41.8. The first-order valence-corrected chi connectivity index (χ1v) is 7.57. The van der Waals surface area contributed by atoms with Crippen molar-refractivity contribution in [3.05, 3.63) is 62.7 Å². The summed E-state index contributed by atoms with van der Waals surface area (Å²) in [5, 5.41) is 0.879. The van der Waals surface area contributed by atoms with Crippen LogP contribution in [0, 0.1) is 0 Å². The third-order valence-corrected chi connectivity index (χ3v) is 3.89. The first-order valence-electron chi connectivity index (χ1n) is 6.58. The average molecular weight is 329 g/mol. The Morgan fingerprint density at radius 3 is 2.83 bits per heavy atom. The Labute approximate surface area is 133 Å². The van der Waals surface area contributed by atoms with E-state index < -0.39 is 17.0 Å². The zero-order valence-corrected chi connectivity index (χ0v) is 12.6. The predicted octanol–water partition coefficient (Wildman–Crippen LogP) is 1.43. The highest BCUT2D eigenvalue weighted by atomic mass is 32.2. The predicted molar refractivity (Wildman–Crippen MR) is 86.8 cm³/mol. The van der Waals surface area contributed by atoms with Crippen molar-refractivity contribution >= 4 is 34.3 Å². The number of aromatic nitrogens is 2. The molecule has 0 aliphatic heterocycles. The highest BCUT2D eigenvalue weighted by Gasteiger charge is 2.14. The fraction of sp³-hybridized carbons (Fsp3) is 0.0667. The number of fused-ring (bicyclic) bond motifs is 1. The van der Waals surface area contributed by atoms with E-state index in [-0.39, 0.29) is 22.3 Å². The Morgan fingerprint density at radius 2 is 2.04 bits per heavy atom. The number of nitrogens with zero attached hydrogens (tertiary/aromatic N) is 1. The van der Waals surface area contributed by atoms with Gasteiger partial charge in [0, 0.05) is 11.5 Å². The highest BCUT2D eigenvalue weighted by Crippen LogP contribution is 2.16. The standard InChI is InChI=1S/C15H11N3O4S/c16-12-6-13(20)18-15(17-12)23-7-10(19)9-5-8-3-1-2-4-11(8)22-14(9)21/h1-6H,7H2,(H3,16,17,18,20). The molecule has 0 aliphatic rings. The molecule has 116 valence electrons. The number of hydrogen-bond acceptors (Lipinski definition) is 7. The zero-order valence-electron chi connectivity index (χ0n) is 11.7. The molecule has 3 rings (SSSR count). The molecular formula is C15H11N3O4S. The van der Waals surface area contributed by atoms with Crippen molar-refractivity contribution in [3.63, 3.8) is 0 Å². The smallest absolute Gasteiger partial charge is 0.347 e. The molecule has 3 N–H and O–H groups in total. The molecule has 0 unspecified atom stereocenters. The lowest BCUT2D eigenvalue weighted by Crippen LogP contribution is -2.16. The summed E-state index contributed by atoms with van der Waals surface area (Å²) >= 11 is 0.989. The number of para-hydroxylation sites is 1. The molecule has 0 amide bonds. The fourth-order valence-electron chi connectivity index (χ4n) is 1.99. The van der Waals surface area contributed by atoms with Crippen LogP contribution in [0.25, 0.3) is 11.0 Å². The molecule has 0 aliphatic carbocycles. The molecule has 0 atom stereocenters. The quantitative estimate of drug-likeness (QED) is 0.321. The lowest BCUT2D eigenvalue weighted by Gasteiger charge is -2.02. The van der Waals surface area contributed by atoms with Gasteiger partial charge in [-0.1, -0.05) is 30.0 Å². The molecule has 0 saturated carbocycles. The van der Waals surface area contributed by atoms with Crippen molar-refractivity contribution in [2.45, 2.75) is 5.16 Å². The van der Waals surface area contributed by atoms with Crippen LogP contribution >= 0.6 is 11.8 Å². The largest absolute Gasteiger partial charge is 0.422 e. The van der Waals surface area contributed by atoms with Gasteiger partial charge in [0.1, 0.15) is 17.0 Å². The summed E-state index contributed by atoms with van der Waals surface area (Å²) < 4.78 is 5.13. The second-order valence-corrected chi connectivity index (χ2v) is 5.64. The Balaban J connectivity index is 1.84. The van der Waals surface area contributed by atoms with Crippen LogP contribution in [0.15, 0.2) is 55.6 Å². The van der Waals surface area contributed by atoms with E-state index in [2.05, 4.69) is 9.97 Å². The van der Waals surface area contributed by atoms with Crippen molar-refractivity contribution in [1.29, 1.82) is 0 Å². The Kier molecular flexibility index (Phi) is 3.98. The molecule has 23 heavy (non-hydrogen) atoms. The van der Waals surface area contributed by atoms with Gasteiger partial charge in [0.2, 0.25) is 0 Å². The number of benzene rings is 1. The maximum Gasteiger partial charge on any atom is 0.347 e. The molecule has 0 fully saturated rings. The van der Waals surface area contributed by atoms with Gasteiger partial charge in [-0.3, -0.25) is 9.59 Å². The number of carbonyl (C=O) groups is 1. The molecule has 7 nitrogen and oxygen atoms in total. The molecule has 2 aromatic heterocycles. The van der Waals surface area contributed by atoms with Crippen molar-refractivity contribution in [3.8, 4) is 0 Å². The van der Waals surface area contributed by atoms with Crippen LogP contribution in [0.3, 0.4) is 0 Å². The van der Waals surface area contributed by atoms with E-state index in [4.69, 9.17) is 10.2 Å². The Bertz CT molecular complexity index is 1010. The zero-order chi connectivity index (χ0) is 16.4. The summed E-state index contributed by atoms with van der Waals surface area (Å²) in [6.07, 6.45) is 0. The van der Waals surface area contributed by atoms with Crippen LogP contribution < -0.4 is 16.9 Å². The van der Waals surface area contributed by atoms with Crippen LogP contribution in [0.2, 0.25) is 0 Å².